The lowest BCUT2D eigenvalue weighted by Crippen LogP contribution is -2.15. The summed E-state index contributed by atoms with van der Waals surface area (Å²) in [6.07, 6.45) is 3.15. The minimum atomic E-state index is -0.413. The predicted octanol–water partition coefficient (Wildman–Crippen LogP) is 3.33. The Bertz CT molecular complexity index is 842. The van der Waals surface area contributed by atoms with Gasteiger partial charge in [-0.25, -0.2) is 4.79 Å². The summed E-state index contributed by atoms with van der Waals surface area (Å²) in [5.41, 5.74) is 3.62. The number of carbonyl (C=O) groups is 1. The Labute approximate surface area is 154 Å². The van der Waals surface area contributed by atoms with E-state index < -0.39 is 5.97 Å². The Hall–Kier alpha value is -2.28. The number of benzene rings is 1. The molecule has 0 bridgehead atoms. The van der Waals surface area contributed by atoms with Gasteiger partial charge in [-0.05, 0) is 32.1 Å². The molecule has 0 saturated carbocycles. The number of aromatic nitrogens is 2. The van der Waals surface area contributed by atoms with E-state index in [1.165, 1.54) is 6.08 Å². The normalized spacial score (nSPS) is 13.3. The first-order chi connectivity index (χ1) is 12.0. The van der Waals surface area contributed by atoms with Crippen LogP contribution in [0.25, 0.3) is 6.08 Å². The van der Waals surface area contributed by atoms with Gasteiger partial charge in [0.2, 0.25) is 0 Å². The van der Waals surface area contributed by atoms with Crippen molar-refractivity contribution in [2.45, 2.75) is 20.5 Å². The molecule has 132 valence electrons. The van der Waals surface area contributed by atoms with Crippen LogP contribution in [0.5, 0.6) is 11.5 Å². The Morgan fingerprint density at radius 1 is 1.32 bits per heavy atom. The number of carbonyl (C=O) groups excluding carboxylic acids is 1. The summed E-state index contributed by atoms with van der Waals surface area (Å²) in [4.78, 5) is 12.0. The van der Waals surface area contributed by atoms with Gasteiger partial charge in [0.25, 0.3) is 0 Å². The van der Waals surface area contributed by atoms with Crippen LogP contribution in [0.4, 0.5) is 0 Å². The molecule has 3 rings (SSSR count). The van der Waals surface area contributed by atoms with Crippen molar-refractivity contribution in [3.63, 3.8) is 0 Å². The molecule has 2 aromatic rings. The van der Waals surface area contributed by atoms with Gasteiger partial charge in [-0.15, -0.1) is 0 Å². The molecule has 0 N–H and O–H groups in total. The van der Waals surface area contributed by atoms with Crippen molar-refractivity contribution in [1.82, 2.24) is 9.78 Å². The molecular formula is C18H19BrN2O4. The highest BCUT2D eigenvalue weighted by Crippen LogP contribution is 2.35. The van der Waals surface area contributed by atoms with Gasteiger partial charge in [0, 0.05) is 34.4 Å². The third-order valence-electron chi connectivity index (χ3n) is 4.03. The summed E-state index contributed by atoms with van der Waals surface area (Å²) in [7, 11) is 1.87. The largest absolute Gasteiger partial charge is 0.486 e. The molecule has 1 aliphatic rings. The topological polar surface area (TPSA) is 62.6 Å². The zero-order valence-corrected chi connectivity index (χ0v) is 15.9. The van der Waals surface area contributed by atoms with Crippen molar-refractivity contribution in [2.75, 3.05) is 13.2 Å². The number of hydrogen-bond donors (Lipinski definition) is 0. The van der Waals surface area contributed by atoms with Gasteiger partial charge < -0.3 is 14.2 Å². The van der Waals surface area contributed by atoms with Crippen molar-refractivity contribution >= 4 is 28.0 Å². The number of hydrogen-bond acceptors (Lipinski definition) is 5. The Balaban J connectivity index is 1.65. The molecule has 6 nitrogen and oxygen atoms in total. The monoisotopic (exact) mass is 406 g/mol. The lowest BCUT2D eigenvalue weighted by atomic mass is 10.2. The molecule has 0 aliphatic carbocycles. The van der Waals surface area contributed by atoms with E-state index in [1.807, 2.05) is 33.0 Å². The van der Waals surface area contributed by atoms with Crippen molar-refractivity contribution in [2.24, 2.45) is 7.05 Å². The Kier molecular flexibility index (Phi) is 5.13. The molecule has 1 aromatic heterocycles. The van der Waals surface area contributed by atoms with E-state index in [4.69, 9.17) is 14.2 Å². The first kappa shape index (κ1) is 17.5. The summed E-state index contributed by atoms with van der Waals surface area (Å²) in [6.45, 7) is 5.05. The molecule has 2 heterocycles. The van der Waals surface area contributed by atoms with Gasteiger partial charge in [-0.3, -0.25) is 4.68 Å². The highest BCUT2D eigenvalue weighted by molar-refractivity contribution is 9.10. The second kappa shape index (κ2) is 7.31. The van der Waals surface area contributed by atoms with Crippen LogP contribution in [0.2, 0.25) is 0 Å². The molecule has 7 heteroatoms. The number of nitrogens with zero attached hydrogens (tertiary/aromatic N) is 2. The number of esters is 1. The van der Waals surface area contributed by atoms with Crippen LogP contribution < -0.4 is 9.47 Å². The Morgan fingerprint density at radius 2 is 2.00 bits per heavy atom. The van der Waals surface area contributed by atoms with Crippen LogP contribution in [0, 0.1) is 13.8 Å². The minimum absolute atomic E-state index is 0.144. The average molecular weight is 407 g/mol. The van der Waals surface area contributed by atoms with E-state index in [1.54, 1.807) is 10.8 Å². The van der Waals surface area contributed by atoms with Crippen molar-refractivity contribution in [1.29, 1.82) is 0 Å². The standard InChI is InChI=1S/C18H19BrN2O4/c1-11-14(12(2)21(3)20-11)4-5-18(22)25-10-13-8-16-17(9-15(13)19)24-7-6-23-16/h4-5,8-9H,6-7,10H2,1-3H3/b5-4+. The molecule has 0 amide bonds. The van der Waals surface area contributed by atoms with Gasteiger partial charge >= 0.3 is 5.97 Å². The lowest BCUT2D eigenvalue weighted by molar-refractivity contribution is -0.138. The highest BCUT2D eigenvalue weighted by atomic mass is 79.9. The maximum Gasteiger partial charge on any atom is 0.331 e. The number of aryl methyl sites for hydroxylation is 2. The fourth-order valence-corrected chi connectivity index (χ4v) is 3.03. The number of fused-ring (bicyclic) bond motifs is 1. The molecule has 0 spiro atoms. The second-order valence-corrected chi connectivity index (χ2v) is 6.59. The van der Waals surface area contributed by atoms with Crippen LogP contribution in [-0.2, 0) is 23.2 Å². The van der Waals surface area contributed by atoms with E-state index in [0.717, 1.165) is 27.0 Å². The highest BCUT2D eigenvalue weighted by Gasteiger charge is 2.15. The molecule has 25 heavy (non-hydrogen) atoms. The molecule has 0 atom stereocenters. The maximum absolute atomic E-state index is 12.0. The third-order valence-corrected chi connectivity index (χ3v) is 4.77. The number of rotatable bonds is 4. The van der Waals surface area contributed by atoms with Crippen LogP contribution >= 0.6 is 15.9 Å². The van der Waals surface area contributed by atoms with Crippen LogP contribution in [0.1, 0.15) is 22.5 Å². The van der Waals surface area contributed by atoms with Gasteiger partial charge in [0.05, 0.1) is 5.69 Å². The molecule has 0 saturated heterocycles. The summed E-state index contributed by atoms with van der Waals surface area (Å²) >= 11 is 3.47. The molecule has 0 unspecified atom stereocenters. The van der Waals surface area contributed by atoms with E-state index >= 15 is 0 Å². The van der Waals surface area contributed by atoms with E-state index in [9.17, 15) is 4.79 Å². The van der Waals surface area contributed by atoms with Crippen LogP contribution in [-0.4, -0.2) is 29.0 Å². The number of ether oxygens (including phenoxy) is 3. The molecular weight excluding hydrogens is 388 g/mol. The first-order valence-corrected chi connectivity index (χ1v) is 8.68. The minimum Gasteiger partial charge on any atom is -0.486 e. The summed E-state index contributed by atoms with van der Waals surface area (Å²) in [5, 5.41) is 4.32. The zero-order chi connectivity index (χ0) is 18.0. The van der Waals surface area contributed by atoms with Gasteiger partial charge in [0.1, 0.15) is 19.8 Å². The van der Waals surface area contributed by atoms with Crippen LogP contribution in [0.3, 0.4) is 0 Å². The fourth-order valence-electron chi connectivity index (χ4n) is 2.60. The second-order valence-electron chi connectivity index (χ2n) is 5.74. The SMILES string of the molecule is Cc1nn(C)c(C)c1/C=C/C(=O)OCc1cc2c(cc1Br)OCCO2. The van der Waals surface area contributed by atoms with Gasteiger partial charge in [0.15, 0.2) is 11.5 Å². The predicted molar refractivity (Wildman–Crippen MR) is 96.6 cm³/mol. The molecule has 0 fully saturated rings. The van der Waals surface area contributed by atoms with Crippen molar-refractivity contribution in [3.05, 3.63) is 45.2 Å². The van der Waals surface area contributed by atoms with Crippen LogP contribution in [0.15, 0.2) is 22.7 Å². The van der Waals surface area contributed by atoms with E-state index in [-0.39, 0.29) is 6.61 Å². The quantitative estimate of drug-likeness (QED) is 0.575. The molecule has 0 radical (unpaired) electrons. The van der Waals surface area contributed by atoms with E-state index in [2.05, 4.69) is 21.0 Å². The lowest BCUT2D eigenvalue weighted by Gasteiger charge is -2.19. The van der Waals surface area contributed by atoms with Crippen molar-refractivity contribution in [3.8, 4) is 11.5 Å². The van der Waals surface area contributed by atoms with Gasteiger partial charge in [-0.1, -0.05) is 15.9 Å². The summed E-state index contributed by atoms with van der Waals surface area (Å²) in [6, 6.07) is 3.65. The Morgan fingerprint density at radius 3 is 2.64 bits per heavy atom. The van der Waals surface area contributed by atoms with Gasteiger partial charge in [-0.2, -0.15) is 5.10 Å². The molecule has 1 aromatic carbocycles. The number of halogens is 1. The summed E-state index contributed by atoms with van der Waals surface area (Å²) < 4.78 is 19.0. The smallest absolute Gasteiger partial charge is 0.331 e. The van der Waals surface area contributed by atoms with E-state index in [0.29, 0.717) is 24.7 Å². The fraction of sp³-hybridized carbons (Fsp3) is 0.333. The summed E-state index contributed by atoms with van der Waals surface area (Å²) in [5.74, 6) is 0.942. The molecule has 1 aliphatic heterocycles. The van der Waals surface area contributed by atoms with Crippen molar-refractivity contribution < 1.29 is 19.0 Å². The maximum atomic E-state index is 12.0. The third kappa shape index (κ3) is 3.87. The average Bonchev–Trinajstić information content (AvgIpc) is 2.83. The zero-order valence-electron chi connectivity index (χ0n) is 14.3. The first-order valence-electron chi connectivity index (χ1n) is 7.88.